The van der Waals surface area contributed by atoms with Gasteiger partial charge in [0.05, 0.1) is 12.2 Å². The summed E-state index contributed by atoms with van der Waals surface area (Å²) in [4.78, 5) is 32.8. The zero-order valence-electron chi connectivity index (χ0n) is 18.2. The number of carbonyl (C=O) groups is 2. The average Bonchev–Trinajstić information content (AvgIpc) is 3.44. The Morgan fingerprint density at radius 3 is 2.10 bits per heavy atom. The van der Waals surface area contributed by atoms with Crippen LogP contribution in [-0.2, 0) is 16.1 Å². The molecule has 164 valence electrons. The summed E-state index contributed by atoms with van der Waals surface area (Å²) in [6.45, 7) is 1.72. The van der Waals surface area contributed by atoms with Crippen molar-refractivity contribution in [3.8, 4) is 0 Å². The molecular formula is C26H33N3O2. The first-order chi connectivity index (χ1) is 15.2. The average molecular weight is 420 g/mol. The van der Waals surface area contributed by atoms with Crippen molar-refractivity contribution in [2.75, 3.05) is 13.1 Å². The standard InChI is InChI=1S/C26H33N3O2/c30-25(23-19-14-4-5-15(11-14)20(19)23)28-9-10-29(13-18-3-1-2-8-27-18)26(31)24-21-16-6-7-17(12-16)22(21)24/h1-3,8,14-17,19-24H,4-7,9-13H2,(H,28,30)/t14-,15-,16-,17-,19+,20+,21-,22+,24?/m0/s1. The molecule has 1 aromatic rings. The van der Waals surface area contributed by atoms with Crippen LogP contribution >= 0.6 is 0 Å². The van der Waals surface area contributed by atoms with E-state index in [2.05, 4.69) is 10.3 Å². The van der Waals surface area contributed by atoms with E-state index in [1.807, 2.05) is 23.1 Å². The highest BCUT2D eigenvalue weighted by molar-refractivity contribution is 5.84. The van der Waals surface area contributed by atoms with Crippen LogP contribution < -0.4 is 5.32 Å². The van der Waals surface area contributed by atoms with Crippen LogP contribution in [0.1, 0.15) is 44.2 Å². The molecule has 9 atom stereocenters. The summed E-state index contributed by atoms with van der Waals surface area (Å²) in [7, 11) is 0. The van der Waals surface area contributed by atoms with Gasteiger partial charge in [0.2, 0.25) is 11.8 Å². The monoisotopic (exact) mass is 419 g/mol. The van der Waals surface area contributed by atoms with Crippen molar-refractivity contribution in [3.05, 3.63) is 30.1 Å². The first-order valence-electron chi connectivity index (χ1n) is 12.7. The molecule has 7 rings (SSSR count). The summed E-state index contributed by atoms with van der Waals surface area (Å²) < 4.78 is 0. The Morgan fingerprint density at radius 2 is 1.52 bits per heavy atom. The Bertz CT molecular complexity index is 871. The Hall–Kier alpha value is -1.91. The second-order valence-electron chi connectivity index (χ2n) is 11.4. The van der Waals surface area contributed by atoms with Gasteiger partial charge in [0.25, 0.3) is 0 Å². The van der Waals surface area contributed by atoms with Crippen molar-refractivity contribution >= 4 is 11.8 Å². The zero-order chi connectivity index (χ0) is 20.7. The molecule has 1 aromatic heterocycles. The van der Waals surface area contributed by atoms with Gasteiger partial charge < -0.3 is 10.2 Å². The normalized spacial score (nSPS) is 44.6. The smallest absolute Gasteiger partial charge is 0.226 e. The zero-order valence-corrected chi connectivity index (χ0v) is 18.2. The first kappa shape index (κ1) is 18.6. The number of hydrogen-bond donors (Lipinski definition) is 1. The molecule has 4 bridgehead atoms. The van der Waals surface area contributed by atoms with Crippen LogP contribution in [0.3, 0.4) is 0 Å². The number of pyridine rings is 1. The lowest BCUT2D eigenvalue weighted by Crippen LogP contribution is -2.40. The maximum absolute atomic E-state index is 13.5. The second-order valence-corrected chi connectivity index (χ2v) is 11.4. The number of aromatic nitrogens is 1. The van der Waals surface area contributed by atoms with E-state index >= 15 is 0 Å². The molecule has 1 N–H and O–H groups in total. The number of amides is 2. The van der Waals surface area contributed by atoms with E-state index in [0.29, 0.717) is 49.2 Å². The fourth-order valence-electron chi connectivity index (χ4n) is 8.93. The second kappa shape index (κ2) is 6.79. The van der Waals surface area contributed by atoms with E-state index in [1.165, 1.54) is 38.5 Å². The van der Waals surface area contributed by atoms with Crippen LogP contribution in [0.25, 0.3) is 0 Å². The molecule has 0 aromatic carbocycles. The number of hydrogen-bond acceptors (Lipinski definition) is 3. The minimum atomic E-state index is 0.240. The SMILES string of the molecule is O=C(NCCN(Cc1ccccn1)C(=O)C1[C@@H]2[C@H]3CC[C@@H](C3)[C@H]12)C1[C@@H]2[C@H]3CC[C@@H](C3)[C@@H]12. The van der Waals surface area contributed by atoms with E-state index < -0.39 is 0 Å². The topological polar surface area (TPSA) is 62.3 Å². The third kappa shape index (κ3) is 2.84. The maximum atomic E-state index is 13.5. The van der Waals surface area contributed by atoms with Gasteiger partial charge in [-0.05, 0) is 98.0 Å². The van der Waals surface area contributed by atoms with Crippen LogP contribution in [0.5, 0.6) is 0 Å². The van der Waals surface area contributed by atoms with E-state index in [9.17, 15) is 9.59 Å². The molecule has 6 aliphatic rings. The molecule has 1 unspecified atom stereocenters. The lowest BCUT2D eigenvalue weighted by Gasteiger charge is -2.24. The molecule has 0 spiro atoms. The fraction of sp³-hybridized carbons (Fsp3) is 0.731. The van der Waals surface area contributed by atoms with E-state index in [0.717, 1.165) is 29.4 Å². The lowest BCUT2D eigenvalue weighted by atomic mass is 10.0. The predicted molar refractivity (Wildman–Crippen MR) is 115 cm³/mol. The van der Waals surface area contributed by atoms with Crippen LogP contribution in [0.2, 0.25) is 0 Å². The summed E-state index contributed by atoms with van der Waals surface area (Å²) in [5.74, 6) is 6.93. The van der Waals surface area contributed by atoms with Gasteiger partial charge in [-0.1, -0.05) is 6.07 Å². The summed E-state index contributed by atoms with van der Waals surface area (Å²) in [5.41, 5.74) is 0.934. The van der Waals surface area contributed by atoms with Crippen molar-refractivity contribution in [3.63, 3.8) is 0 Å². The van der Waals surface area contributed by atoms with Gasteiger partial charge in [-0.25, -0.2) is 0 Å². The molecule has 6 aliphatic carbocycles. The van der Waals surface area contributed by atoms with Gasteiger partial charge in [0, 0.05) is 31.1 Å². The fourth-order valence-corrected chi connectivity index (χ4v) is 8.93. The summed E-state index contributed by atoms with van der Waals surface area (Å²) in [6, 6.07) is 5.90. The van der Waals surface area contributed by atoms with Crippen molar-refractivity contribution in [2.24, 2.45) is 59.2 Å². The van der Waals surface area contributed by atoms with Crippen molar-refractivity contribution < 1.29 is 9.59 Å². The van der Waals surface area contributed by atoms with E-state index in [1.54, 1.807) is 6.20 Å². The first-order valence-corrected chi connectivity index (χ1v) is 12.7. The predicted octanol–water partition coefficient (Wildman–Crippen LogP) is 3.11. The van der Waals surface area contributed by atoms with Gasteiger partial charge in [-0.2, -0.15) is 0 Å². The highest BCUT2D eigenvalue weighted by atomic mass is 16.2. The van der Waals surface area contributed by atoms with Gasteiger partial charge in [0.15, 0.2) is 0 Å². The number of nitrogens with zero attached hydrogens (tertiary/aromatic N) is 2. The molecular weight excluding hydrogens is 386 g/mol. The highest BCUT2D eigenvalue weighted by Gasteiger charge is 2.68. The number of carbonyl (C=O) groups excluding carboxylic acids is 2. The van der Waals surface area contributed by atoms with Crippen molar-refractivity contribution in [1.82, 2.24) is 15.2 Å². The molecule has 0 aliphatic heterocycles. The van der Waals surface area contributed by atoms with Crippen LogP contribution in [0, 0.1) is 59.2 Å². The van der Waals surface area contributed by atoms with Gasteiger partial charge in [-0.15, -0.1) is 0 Å². The maximum Gasteiger partial charge on any atom is 0.226 e. The van der Waals surface area contributed by atoms with Crippen LogP contribution in [-0.4, -0.2) is 34.8 Å². The Labute approximate surface area is 184 Å². The van der Waals surface area contributed by atoms with Crippen LogP contribution in [0.15, 0.2) is 24.4 Å². The Morgan fingerprint density at radius 1 is 0.903 bits per heavy atom. The highest BCUT2D eigenvalue weighted by Crippen LogP contribution is 2.70. The largest absolute Gasteiger partial charge is 0.354 e. The molecule has 31 heavy (non-hydrogen) atoms. The third-order valence-corrected chi connectivity index (χ3v) is 10.1. The minimum absolute atomic E-state index is 0.240. The summed E-state index contributed by atoms with van der Waals surface area (Å²) in [6.07, 6.45) is 9.88. The minimum Gasteiger partial charge on any atom is -0.354 e. The lowest BCUT2D eigenvalue weighted by molar-refractivity contribution is -0.134. The molecule has 5 heteroatoms. The third-order valence-electron chi connectivity index (χ3n) is 10.1. The molecule has 1 heterocycles. The molecule has 6 saturated carbocycles. The Balaban J connectivity index is 0.992. The summed E-state index contributed by atoms with van der Waals surface area (Å²) >= 11 is 0. The number of rotatable bonds is 7. The van der Waals surface area contributed by atoms with E-state index in [4.69, 9.17) is 0 Å². The molecule has 0 radical (unpaired) electrons. The van der Waals surface area contributed by atoms with Crippen molar-refractivity contribution in [2.45, 2.75) is 45.1 Å². The number of nitrogens with one attached hydrogen (secondary N) is 1. The van der Waals surface area contributed by atoms with Gasteiger partial charge in [-0.3, -0.25) is 14.6 Å². The Kier molecular flexibility index (Phi) is 4.08. The molecule has 6 fully saturated rings. The van der Waals surface area contributed by atoms with Gasteiger partial charge in [0.1, 0.15) is 0 Å². The van der Waals surface area contributed by atoms with Crippen LogP contribution in [0.4, 0.5) is 0 Å². The van der Waals surface area contributed by atoms with Gasteiger partial charge >= 0.3 is 0 Å². The number of fused-ring (bicyclic) bond motifs is 10. The summed E-state index contributed by atoms with van der Waals surface area (Å²) in [5, 5.41) is 3.20. The van der Waals surface area contributed by atoms with Crippen molar-refractivity contribution in [1.29, 1.82) is 0 Å². The van der Waals surface area contributed by atoms with E-state index in [-0.39, 0.29) is 17.7 Å². The molecule has 0 saturated heterocycles. The molecule has 2 amide bonds. The molecule has 5 nitrogen and oxygen atoms in total. The quantitative estimate of drug-likeness (QED) is 0.739.